The molecule has 0 spiro atoms. The normalized spacial score (nSPS) is 42.1. The minimum absolute atomic E-state index is 0.0677. The lowest BCUT2D eigenvalue weighted by atomic mass is 9.57. The zero-order valence-corrected chi connectivity index (χ0v) is 8.76. The number of carbonyl (C=O) groups excluding carboxylic acids is 1. The first kappa shape index (κ1) is 8.98. The van der Waals surface area contributed by atoms with Gasteiger partial charge in [0, 0.05) is 5.41 Å². The summed E-state index contributed by atoms with van der Waals surface area (Å²) in [6.07, 6.45) is 7.48. The third kappa shape index (κ3) is 1.09. The Bertz CT molecular complexity index is 275. The van der Waals surface area contributed by atoms with Gasteiger partial charge in [0.25, 0.3) is 0 Å². The molecule has 2 aliphatic carbocycles. The van der Waals surface area contributed by atoms with Gasteiger partial charge in [-0.2, -0.15) is 0 Å². The zero-order valence-electron chi connectivity index (χ0n) is 8.76. The van der Waals surface area contributed by atoms with E-state index in [1.54, 1.807) is 6.08 Å². The molecular weight excluding hydrogens is 160 g/mol. The van der Waals surface area contributed by atoms with Gasteiger partial charge in [0.2, 0.25) is 0 Å². The molecule has 0 aromatic carbocycles. The summed E-state index contributed by atoms with van der Waals surface area (Å²) < 4.78 is 0. The molecule has 0 aromatic heterocycles. The second-order valence-corrected chi connectivity index (χ2v) is 5.46. The monoisotopic (exact) mass is 178 g/mol. The third-order valence-electron chi connectivity index (χ3n) is 4.05. The van der Waals surface area contributed by atoms with Crippen molar-refractivity contribution in [2.75, 3.05) is 0 Å². The van der Waals surface area contributed by atoms with E-state index in [-0.39, 0.29) is 5.41 Å². The molecule has 2 atom stereocenters. The first-order chi connectivity index (χ1) is 5.97. The van der Waals surface area contributed by atoms with Crippen molar-refractivity contribution in [3.63, 3.8) is 0 Å². The zero-order chi connectivity index (χ0) is 9.69. The van der Waals surface area contributed by atoms with E-state index in [0.717, 1.165) is 6.42 Å². The van der Waals surface area contributed by atoms with E-state index in [4.69, 9.17) is 0 Å². The van der Waals surface area contributed by atoms with Crippen LogP contribution in [0.5, 0.6) is 0 Å². The van der Waals surface area contributed by atoms with E-state index in [1.807, 2.05) is 0 Å². The highest BCUT2D eigenvalue weighted by Crippen LogP contribution is 2.54. The Balaban J connectivity index is 2.38. The minimum Gasteiger partial charge on any atom is -0.294 e. The lowest BCUT2D eigenvalue weighted by molar-refractivity contribution is -0.128. The quantitative estimate of drug-likeness (QED) is 0.557. The summed E-state index contributed by atoms with van der Waals surface area (Å²) in [6.45, 7) is 6.72. The number of carbonyl (C=O) groups is 1. The molecule has 0 amide bonds. The molecule has 1 heteroatoms. The fourth-order valence-corrected chi connectivity index (χ4v) is 3.21. The second-order valence-electron chi connectivity index (χ2n) is 5.46. The van der Waals surface area contributed by atoms with E-state index in [9.17, 15) is 4.79 Å². The van der Waals surface area contributed by atoms with Gasteiger partial charge in [0.15, 0.2) is 5.78 Å². The first-order valence-corrected chi connectivity index (χ1v) is 5.19. The predicted octanol–water partition coefficient (Wildman–Crippen LogP) is 2.96. The molecule has 1 nitrogen and oxygen atoms in total. The van der Waals surface area contributed by atoms with Crippen LogP contribution in [0.1, 0.15) is 40.0 Å². The maximum absolute atomic E-state index is 11.7. The summed E-state index contributed by atoms with van der Waals surface area (Å²) in [4.78, 5) is 11.7. The largest absolute Gasteiger partial charge is 0.294 e. The molecule has 0 aromatic rings. The van der Waals surface area contributed by atoms with Crippen LogP contribution in [-0.2, 0) is 4.79 Å². The highest BCUT2D eigenvalue weighted by Gasteiger charge is 2.51. The highest BCUT2D eigenvalue weighted by atomic mass is 16.1. The van der Waals surface area contributed by atoms with Crippen LogP contribution < -0.4 is 0 Å². The van der Waals surface area contributed by atoms with Crippen molar-refractivity contribution in [2.45, 2.75) is 40.0 Å². The van der Waals surface area contributed by atoms with Gasteiger partial charge in [-0.15, -0.1) is 0 Å². The average molecular weight is 178 g/mol. The number of hydrogen-bond acceptors (Lipinski definition) is 1. The van der Waals surface area contributed by atoms with Gasteiger partial charge >= 0.3 is 0 Å². The van der Waals surface area contributed by atoms with E-state index in [2.05, 4.69) is 26.8 Å². The van der Waals surface area contributed by atoms with Crippen molar-refractivity contribution in [2.24, 2.45) is 16.7 Å². The van der Waals surface area contributed by atoms with Crippen LogP contribution in [0.3, 0.4) is 0 Å². The van der Waals surface area contributed by atoms with Crippen LogP contribution in [0.2, 0.25) is 0 Å². The van der Waals surface area contributed by atoms with Crippen LogP contribution in [0.15, 0.2) is 12.2 Å². The molecule has 72 valence electrons. The van der Waals surface area contributed by atoms with Crippen LogP contribution in [-0.4, -0.2) is 5.78 Å². The Morgan fingerprint density at radius 2 is 2.00 bits per heavy atom. The van der Waals surface area contributed by atoms with Crippen molar-refractivity contribution >= 4 is 5.78 Å². The Labute approximate surface area is 80.2 Å². The average Bonchev–Trinajstić information content (AvgIpc) is 2.29. The summed E-state index contributed by atoms with van der Waals surface area (Å²) in [6, 6.07) is 0. The SMILES string of the molecule is CC1(C)CCCC2(C)C(=O)C=CC12. The number of allylic oxidation sites excluding steroid dienone is 2. The van der Waals surface area contributed by atoms with Crippen LogP contribution in [0, 0.1) is 16.7 Å². The minimum atomic E-state index is -0.0677. The van der Waals surface area contributed by atoms with E-state index >= 15 is 0 Å². The Kier molecular flexibility index (Phi) is 1.70. The van der Waals surface area contributed by atoms with Crippen molar-refractivity contribution in [3.8, 4) is 0 Å². The van der Waals surface area contributed by atoms with Crippen molar-refractivity contribution < 1.29 is 4.79 Å². The molecule has 0 heterocycles. The lowest BCUT2D eigenvalue weighted by Crippen LogP contribution is -2.42. The summed E-state index contributed by atoms with van der Waals surface area (Å²) in [5.74, 6) is 0.825. The van der Waals surface area contributed by atoms with E-state index in [0.29, 0.717) is 17.1 Å². The predicted molar refractivity (Wildman–Crippen MR) is 53.4 cm³/mol. The van der Waals surface area contributed by atoms with Crippen molar-refractivity contribution in [1.82, 2.24) is 0 Å². The maximum Gasteiger partial charge on any atom is 0.161 e. The topological polar surface area (TPSA) is 17.1 Å². The fourth-order valence-electron chi connectivity index (χ4n) is 3.21. The number of hydrogen-bond donors (Lipinski definition) is 0. The third-order valence-corrected chi connectivity index (χ3v) is 4.05. The summed E-state index contributed by atoms with van der Waals surface area (Å²) >= 11 is 0. The van der Waals surface area contributed by atoms with Gasteiger partial charge in [-0.05, 0) is 30.3 Å². The summed E-state index contributed by atoms with van der Waals surface area (Å²) in [5.41, 5.74) is 0.247. The maximum atomic E-state index is 11.7. The molecule has 2 unspecified atom stereocenters. The fraction of sp³-hybridized carbons (Fsp3) is 0.750. The van der Waals surface area contributed by atoms with Gasteiger partial charge in [0.05, 0.1) is 0 Å². The summed E-state index contributed by atoms with van der Waals surface area (Å²) in [7, 11) is 0. The summed E-state index contributed by atoms with van der Waals surface area (Å²) in [5, 5.41) is 0. The number of fused-ring (bicyclic) bond motifs is 1. The van der Waals surface area contributed by atoms with Gasteiger partial charge in [-0.25, -0.2) is 0 Å². The molecule has 1 saturated carbocycles. The molecule has 1 fully saturated rings. The molecule has 2 aliphatic rings. The molecular formula is C12H18O. The Morgan fingerprint density at radius 3 is 2.62 bits per heavy atom. The number of ketones is 1. The molecule has 2 rings (SSSR count). The Hall–Kier alpha value is -0.590. The van der Waals surface area contributed by atoms with Crippen molar-refractivity contribution in [3.05, 3.63) is 12.2 Å². The van der Waals surface area contributed by atoms with Crippen LogP contribution in [0.25, 0.3) is 0 Å². The lowest BCUT2D eigenvalue weighted by Gasteiger charge is -2.45. The van der Waals surface area contributed by atoms with Gasteiger partial charge in [0.1, 0.15) is 0 Å². The standard InChI is InChI=1S/C12H18O/c1-11(2)7-4-8-12(3)9(11)5-6-10(12)13/h5-6,9H,4,7-8H2,1-3H3. The molecule has 13 heavy (non-hydrogen) atoms. The van der Waals surface area contributed by atoms with Crippen LogP contribution in [0.4, 0.5) is 0 Å². The van der Waals surface area contributed by atoms with E-state index < -0.39 is 0 Å². The number of rotatable bonds is 0. The van der Waals surface area contributed by atoms with Gasteiger partial charge < -0.3 is 0 Å². The molecule has 0 aliphatic heterocycles. The smallest absolute Gasteiger partial charge is 0.161 e. The Morgan fingerprint density at radius 1 is 1.31 bits per heavy atom. The molecule has 0 radical (unpaired) electrons. The van der Waals surface area contributed by atoms with Crippen LogP contribution >= 0.6 is 0 Å². The van der Waals surface area contributed by atoms with Gasteiger partial charge in [-0.1, -0.05) is 33.3 Å². The van der Waals surface area contributed by atoms with E-state index in [1.165, 1.54) is 12.8 Å². The first-order valence-electron chi connectivity index (χ1n) is 5.19. The van der Waals surface area contributed by atoms with Gasteiger partial charge in [-0.3, -0.25) is 4.79 Å². The molecule has 0 bridgehead atoms. The highest BCUT2D eigenvalue weighted by molar-refractivity contribution is 5.97. The second kappa shape index (κ2) is 2.46. The molecule has 0 N–H and O–H groups in total. The van der Waals surface area contributed by atoms with Crippen molar-refractivity contribution in [1.29, 1.82) is 0 Å². The molecule has 0 saturated heterocycles.